The van der Waals surface area contributed by atoms with Gasteiger partial charge in [-0.25, -0.2) is 4.39 Å². The van der Waals surface area contributed by atoms with Gasteiger partial charge in [0.1, 0.15) is 6.61 Å². The first kappa shape index (κ1) is 13.6. The minimum Gasteiger partial charge on any atom is -0.485 e. The minimum atomic E-state index is -0.462. The third kappa shape index (κ3) is 3.55. The summed E-state index contributed by atoms with van der Waals surface area (Å²) in [4.78, 5) is 0. The Balaban J connectivity index is 2.15. The maximum atomic E-state index is 13.9. The van der Waals surface area contributed by atoms with E-state index >= 15 is 0 Å². The maximum Gasteiger partial charge on any atom is 0.169 e. The normalized spacial score (nSPS) is 9.95. The second kappa shape index (κ2) is 6.35. The van der Waals surface area contributed by atoms with Gasteiger partial charge in [0.2, 0.25) is 0 Å². The van der Waals surface area contributed by atoms with Crippen LogP contribution in [0.15, 0.2) is 46.9 Å². The molecule has 0 aliphatic rings. The molecular formula is C15H11BrFNO. The molecule has 2 aromatic carbocycles. The molecule has 96 valence electrons. The van der Waals surface area contributed by atoms with E-state index in [4.69, 9.17) is 10.00 Å². The highest BCUT2D eigenvalue weighted by molar-refractivity contribution is 9.10. The first-order valence-corrected chi connectivity index (χ1v) is 6.51. The summed E-state index contributed by atoms with van der Waals surface area (Å²) in [5.41, 5.74) is 1.59. The van der Waals surface area contributed by atoms with Crippen molar-refractivity contribution in [3.63, 3.8) is 0 Å². The maximum absolute atomic E-state index is 13.9. The first-order chi connectivity index (χ1) is 9.20. The summed E-state index contributed by atoms with van der Waals surface area (Å²) in [5, 5.41) is 8.60. The molecule has 0 unspecified atom stereocenters. The van der Waals surface area contributed by atoms with Gasteiger partial charge in [-0.05, 0) is 39.2 Å². The number of hydrogen-bond acceptors (Lipinski definition) is 2. The van der Waals surface area contributed by atoms with Crippen LogP contribution < -0.4 is 4.74 Å². The van der Waals surface area contributed by atoms with Crippen molar-refractivity contribution >= 4 is 15.9 Å². The lowest BCUT2D eigenvalue weighted by molar-refractivity contribution is 0.288. The summed E-state index contributed by atoms with van der Waals surface area (Å²) < 4.78 is 19.9. The number of nitriles is 1. The quantitative estimate of drug-likeness (QED) is 0.844. The third-order valence-electron chi connectivity index (χ3n) is 2.57. The molecule has 0 aliphatic heterocycles. The zero-order chi connectivity index (χ0) is 13.7. The first-order valence-electron chi connectivity index (χ1n) is 5.72. The molecule has 2 rings (SSSR count). The lowest BCUT2D eigenvalue weighted by Gasteiger charge is -2.10. The summed E-state index contributed by atoms with van der Waals surface area (Å²) in [6.45, 7) is 0.300. The molecule has 0 aromatic heterocycles. The molecule has 4 heteroatoms. The van der Waals surface area contributed by atoms with Gasteiger partial charge in [-0.2, -0.15) is 5.26 Å². The molecule has 0 amide bonds. The van der Waals surface area contributed by atoms with E-state index in [-0.39, 0.29) is 12.2 Å². The predicted molar refractivity (Wildman–Crippen MR) is 74.2 cm³/mol. The molecule has 0 bridgehead atoms. The van der Waals surface area contributed by atoms with E-state index in [0.717, 1.165) is 5.56 Å². The molecule has 0 spiro atoms. The van der Waals surface area contributed by atoms with Crippen molar-refractivity contribution in [3.05, 3.63) is 63.9 Å². The van der Waals surface area contributed by atoms with Gasteiger partial charge in [-0.15, -0.1) is 0 Å². The Morgan fingerprint density at radius 1 is 1.16 bits per heavy atom. The van der Waals surface area contributed by atoms with Gasteiger partial charge in [-0.3, -0.25) is 0 Å². The van der Waals surface area contributed by atoms with E-state index in [1.807, 2.05) is 36.4 Å². The molecule has 0 fully saturated rings. The molecular weight excluding hydrogens is 309 g/mol. The molecule has 0 saturated heterocycles. The Hall–Kier alpha value is -1.86. The van der Waals surface area contributed by atoms with E-state index in [1.165, 1.54) is 6.07 Å². The SMILES string of the molecule is N#CCc1cc(F)c(OCc2ccccc2)c(Br)c1. The topological polar surface area (TPSA) is 33.0 Å². The number of hydrogen-bond donors (Lipinski definition) is 0. The summed E-state index contributed by atoms with van der Waals surface area (Å²) in [7, 11) is 0. The van der Waals surface area contributed by atoms with E-state index in [2.05, 4.69) is 15.9 Å². The van der Waals surface area contributed by atoms with Gasteiger partial charge in [0.05, 0.1) is 17.0 Å². The zero-order valence-electron chi connectivity index (χ0n) is 10.1. The Kier molecular flexibility index (Phi) is 4.53. The lowest BCUT2D eigenvalue weighted by atomic mass is 10.1. The van der Waals surface area contributed by atoms with Crippen LogP contribution in [0.3, 0.4) is 0 Å². The highest BCUT2D eigenvalue weighted by Gasteiger charge is 2.11. The average Bonchev–Trinajstić information content (AvgIpc) is 2.39. The fourth-order valence-electron chi connectivity index (χ4n) is 1.67. The number of halogens is 2. The van der Waals surface area contributed by atoms with Crippen LogP contribution in [0.4, 0.5) is 4.39 Å². The van der Waals surface area contributed by atoms with Crippen LogP contribution in [0.5, 0.6) is 5.75 Å². The summed E-state index contributed by atoms with van der Waals surface area (Å²) in [5.74, 6) is -0.291. The fourth-order valence-corrected chi connectivity index (χ4v) is 2.27. The molecule has 2 aromatic rings. The zero-order valence-corrected chi connectivity index (χ0v) is 11.7. The largest absolute Gasteiger partial charge is 0.485 e. The predicted octanol–water partition coefficient (Wildman–Crippen LogP) is 4.23. The van der Waals surface area contributed by atoms with Crippen LogP contribution >= 0.6 is 15.9 Å². The second-order valence-corrected chi connectivity index (χ2v) is 4.85. The van der Waals surface area contributed by atoms with Crippen LogP contribution in [0.1, 0.15) is 11.1 Å². The Morgan fingerprint density at radius 2 is 1.89 bits per heavy atom. The Labute approximate surface area is 119 Å². The number of benzene rings is 2. The Morgan fingerprint density at radius 3 is 2.53 bits per heavy atom. The fraction of sp³-hybridized carbons (Fsp3) is 0.133. The second-order valence-electron chi connectivity index (χ2n) is 4.00. The van der Waals surface area contributed by atoms with Crippen LogP contribution in [0, 0.1) is 17.1 Å². The van der Waals surface area contributed by atoms with Gasteiger partial charge < -0.3 is 4.74 Å². The molecule has 0 heterocycles. The minimum absolute atomic E-state index is 0.172. The molecule has 0 radical (unpaired) electrons. The van der Waals surface area contributed by atoms with Crippen molar-refractivity contribution < 1.29 is 9.13 Å². The monoisotopic (exact) mass is 319 g/mol. The number of rotatable bonds is 4. The van der Waals surface area contributed by atoms with Crippen LogP contribution in [-0.4, -0.2) is 0 Å². The van der Waals surface area contributed by atoms with Crippen molar-refractivity contribution in [2.45, 2.75) is 13.0 Å². The standard InChI is InChI=1S/C15H11BrFNO/c16-13-8-12(6-7-18)9-14(17)15(13)19-10-11-4-2-1-3-5-11/h1-5,8-9H,6,10H2. The van der Waals surface area contributed by atoms with Gasteiger partial charge in [0.15, 0.2) is 11.6 Å². The molecule has 0 aliphatic carbocycles. The summed E-state index contributed by atoms with van der Waals surface area (Å²) in [6.07, 6.45) is 0.175. The summed E-state index contributed by atoms with van der Waals surface area (Å²) >= 11 is 3.27. The van der Waals surface area contributed by atoms with E-state index < -0.39 is 5.82 Å². The highest BCUT2D eigenvalue weighted by Crippen LogP contribution is 2.30. The van der Waals surface area contributed by atoms with Crippen molar-refractivity contribution in [1.29, 1.82) is 5.26 Å². The van der Waals surface area contributed by atoms with Crippen LogP contribution in [-0.2, 0) is 13.0 Å². The van der Waals surface area contributed by atoms with Crippen molar-refractivity contribution in [2.24, 2.45) is 0 Å². The van der Waals surface area contributed by atoms with Crippen LogP contribution in [0.2, 0.25) is 0 Å². The van der Waals surface area contributed by atoms with Crippen molar-refractivity contribution in [1.82, 2.24) is 0 Å². The van der Waals surface area contributed by atoms with Crippen LogP contribution in [0.25, 0.3) is 0 Å². The summed E-state index contributed by atoms with van der Waals surface area (Å²) in [6, 6.07) is 14.6. The van der Waals surface area contributed by atoms with Gasteiger partial charge in [0, 0.05) is 0 Å². The average molecular weight is 320 g/mol. The third-order valence-corrected chi connectivity index (χ3v) is 3.16. The number of nitrogens with zero attached hydrogens (tertiary/aromatic N) is 1. The van der Waals surface area contributed by atoms with Crippen molar-refractivity contribution in [2.75, 3.05) is 0 Å². The molecule has 0 saturated carbocycles. The van der Waals surface area contributed by atoms with E-state index in [0.29, 0.717) is 16.6 Å². The molecule has 0 N–H and O–H groups in total. The molecule has 0 atom stereocenters. The number of ether oxygens (including phenoxy) is 1. The van der Waals surface area contributed by atoms with Crippen molar-refractivity contribution in [3.8, 4) is 11.8 Å². The smallest absolute Gasteiger partial charge is 0.169 e. The molecule has 19 heavy (non-hydrogen) atoms. The van der Waals surface area contributed by atoms with E-state index in [1.54, 1.807) is 6.07 Å². The van der Waals surface area contributed by atoms with Gasteiger partial charge in [0.25, 0.3) is 0 Å². The lowest BCUT2D eigenvalue weighted by Crippen LogP contribution is -1.99. The van der Waals surface area contributed by atoms with Gasteiger partial charge >= 0.3 is 0 Å². The van der Waals surface area contributed by atoms with Gasteiger partial charge in [-0.1, -0.05) is 30.3 Å². The highest BCUT2D eigenvalue weighted by atomic mass is 79.9. The van der Waals surface area contributed by atoms with E-state index in [9.17, 15) is 4.39 Å². The molecule has 2 nitrogen and oxygen atoms in total. The Bertz CT molecular complexity index is 584.